The largest absolute Gasteiger partial charge is 0.314 e. The van der Waals surface area contributed by atoms with Crippen LogP contribution in [0.4, 0.5) is 34.1 Å². The van der Waals surface area contributed by atoms with Gasteiger partial charge in [-0.05, 0) is 159 Å². The lowest BCUT2D eigenvalue weighted by Gasteiger charge is -2.26. The van der Waals surface area contributed by atoms with Crippen LogP contribution in [0.2, 0.25) is 0 Å². The first kappa shape index (κ1) is 39.5. The number of benzene rings is 9. The molecule has 0 atom stereocenters. The van der Waals surface area contributed by atoms with Crippen LogP contribution in [0.5, 0.6) is 0 Å². The molecule has 0 aliphatic heterocycles. The molecule has 312 valence electrons. The van der Waals surface area contributed by atoms with E-state index in [9.17, 15) is 0 Å². The fraction of sp³-hybridized carbons (Fsp3) is 0.0492. The van der Waals surface area contributed by atoms with Gasteiger partial charge in [-0.15, -0.1) is 0 Å². The first-order valence-electron chi connectivity index (χ1n) is 22.3. The zero-order chi connectivity index (χ0) is 43.9. The number of para-hydroxylation sites is 4. The van der Waals surface area contributed by atoms with E-state index in [1.54, 1.807) is 0 Å². The molecular weight excluding hydrogens is 789 g/mol. The average molecular weight is 837 g/mol. The van der Waals surface area contributed by atoms with Crippen molar-refractivity contribution in [2.24, 2.45) is 0 Å². The Hall–Kier alpha value is -8.34. The van der Waals surface area contributed by atoms with Crippen LogP contribution < -0.4 is 9.80 Å². The number of rotatable bonds is 10. The number of hydrogen-bond donors (Lipinski definition) is 0. The van der Waals surface area contributed by atoms with E-state index in [-0.39, 0.29) is 0 Å². The summed E-state index contributed by atoms with van der Waals surface area (Å²) >= 11 is 0. The van der Waals surface area contributed by atoms with Gasteiger partial charge in [0, 0.05) is 67.4 Å². The van der Waals surface area contributed by atoms with Gasteiger partial charge in [0.25, 0.3) is 0 Å². The minimum absolute atomic E-state index is 1.10. The fourth-order valence-corrected chi connectivity index (χ4v) is 9.44. The van der Waals surface area contributed by atoms with Gasteiger partial charge in [0.1, 0.15) is 0 Å². The van der Waals surface area contributed by atoms with Gasteiger partial charge in [-0.2, -0.15) is 0 Å². The van der Waals surface area contributed by atoms with Crippen molar-refractivity contribution in [1.29, 1.82) is 0 Å². The molecule has 2 aromatic heterocycles. The molecule has 0 radical (unpaired) electrons. The summed E-state index contributed by atoms with van der Waals surface area (Å²) in [5.74, 6) is 0. The maximum absolute atomic E-state index is 2.38. The summed E-state index contributed by atoms with van der Waals surface area (Å²) in [6.07, 6.45) is 4.38. The molecule has 0 unspecified atom stereocenters. The van der Waals surface area contributed by atoms with E-state index in [4.69, 9.17) is 0 Å². The predicted octanol–water partition coefficient (Wildman–Crippen LogP) is 16.8. The highest BCUT2D eigenvalue weighted by atomic mass is 15.1. The number of aryl methyl sites for hydroxylation is 2. The van der Waals surface area contributed by atoms with Gasteiger partial charge < -0.3 is 18.9 Å². The Labute approximate surface area is 380 Å². The van der Waals surface area contributed by atoms with Crippen LogP contribution in [-0.2, 0) is 0 Å². The number of aromatic nitrogens is 2. The van der Waals surface area contributed by atoms with E-state index in [1.165, 1.54) is 49.5 Å². The lowest BCUT2D eigenvalue weighted by Crippen LogP contribution is -2.10. The van der Waals surface area contributed by atoms with E-state index >= 15 is 0 Å². The second kappa shape index (κ2) is 16.7. The van der Waals surface area contributed by atoms with Crippen molar-refractivity contribution in [2.45, 2.75) is 20.8 Å². The van der Waals surface area contributed by atoms with Crippen LogP contribution in [-0.4, -0.2) is 9.13 Å². The van der Waals surface area contributed by atoms with Gasteiger partial charge in [-0.3, -0.25) is 0 Å². The van der Waals surface area contributed by atoms with Crippen molar-refractivity contribution in [1.82, 2.24) is 9.13 Å². The van der Waals surface area contributed by atoms with Crippen LogP contribution in [0.25, 0.3) is 56.2 Å². The second-order valence-electron chi connectivity index (χ2n) is 16.8. The van der Waals surface area contributed by atoms with Crippen molar-refractivity contribution in [3.8, 4) is 11.4 Å². The highest BCUT2D eigenvalue weighted by Gasteiger charge is 2.17. The summed E-state index contributed by atoms with van der Waals surface area (Å²) in [7, 11) is 0. The van der Waals surface area contributed by atoms with Gasteiger partial charge >= 0.3 is 0 Å². The molecule has 0 saturated heterocycles. The van der Waals surface area contributed by atoms with E-state index in [1.807, 2.05) is 0 Å². The Kier molecular flexibility index (Phi) is 10.2. The Morgan fingerprint density at radius 1 is 0.323 bits per heavy atom. The first-order valence-corrected chi connectivity index (χ1v) is 22.3. The maximum atomic E-state index is 2.38. The minimum atomic E-state index is 1.10. The molecule has 11 rings (SSSR count). The van der Waals surface area contributed by atoms with Gasteiger partial charge in [0.2, 0.25) is 0 Å². The lowest BCUT2D eigenvalue weighted by atomic mass is 10.1. The molecule has 65 heavy (non-hydrogen) atoms. The Balaban J connectivity index is 0.848. The number of nitrogens with zero attached hydrogens (tertiary/aromatic N) is 4. The van der Waals surface area contributed by atoms with Gasteiger partial charge in [0.15, 0.2) is 0 Å². The molecule has 4 nitrogen and oxygen atoms in total. The smallest absolute Gasteiger partial charge is 0.0541 e. The molecule has 0 bridgehead atoms. The zero-order valence-electron chi connectivity index (χ0n) is 36.8. The predicted molar refractivity (Wildman–Crippen MR) is 277 cm³/mol. The Bertz CT molecular complexity index is 3470. The SMILES string of the molecule is Cc1ccc2c(c1)c1ccccc1n2-c1ccc(N(c2ccccc2)c2ccc(/C=C/c3ccc(N(c4ccccc4)c4ccc(-n5c(C)c(C)c6ccccc65)cc4)cc3)cc2)cc1. The van der Waals surface area contributed by atoms with Crippen molar-refractivity contribution >= 4 is 79.0 Å². The molecule has 0 aliphatic rings. The third kappa shape index (κ3) is 7.35. The normalized spacial score (nSPS) is 11.6. The van der Waals surface area contributed by atoms with Crippen LogP contribution in [0.3, 0.4) is 0 Å². The molecule has 9 aromatic carbocycles. The molecular formula is C61H48N4. The van der Waals surface area contributed by atoms with Gasteiger partial charge in [0.05, 0.1) is 16.6 Å². The highest BCUT2D eigenvalue weighted by Crippen LogP contribution is 2.39. The maximum Gasteiger partial charge on any atom is 0.0541 e. The fourth-order valence-electron chi connectivity index (χ4n) is 9.44. The van der Waals surface area contributed by atoms with Crippen LogP contribution in [0, 0.1) is 20.8 Å². The first-order chi connectivity index (χ1) is 32.0. The molecule has 11 aromatic rings. The van der Waals surface area contributed by atoms with E-state index < -0.39 is 0 Å². The molecule has 0 fully saturated rings. The molecule has 0 saturated carbocycles. The second-order valence-corrected chi connectivity index (χ2v) is 16.8. The number of anilines is 6. The van der Waals surface area contributed by atoms with E-state index in [2.05, 4.69) is 276 Å². The molecule has 0 N–H and O–H groups in total. The van der Waals surface area contributed by atoms with Crippen molar-refractivity contribution < 1.29 is 0 Å². The minimum Gasteiger partial charge on any atom is -0.314 e. The third-order valence-electron chi connectivity index (χ3n) is 12.8. The Morgan fingerprint density at radius 2 is 0.708 bits per heavy atom. The van der Waals surface area contributed by atoms with E-state index in [0.29, 0.717) is 0 Å². The van der Waals surface area contributed by atoms with Crippen molar-refractivity contribution in [3.63, 3.8) is 0 Å². The summed E-state index contributed by atoms with van der Waals surface area (Å²) in [4.78, 5) is 4.64. The van der Waals surface area contributed by atoms with Gasteiger partial charge in [-0.1, -0.05) is 121 Å². The van der Waals surface area contributed by atoms with Crippen LogP contribution >= 0.6 is 0 Å². The average Bonchev–Trinajstić information content (AvgIpc) is 3.82. The lowest BCUT2D eigenvalue weighted by molar-refractivity contribution is 1.04. The summed E-state index contributed by atoms with van der Waals surface area (Å²) in [5.41, 5.74) is 18.7. The molecule has 0 spiro atoms. The van der Waals surface area contributed by atoms with E-state index in [0.717, 1.165) is 56.6 Å². The molecule has 2 heterocycles. The monoisotopic (exact) mass is 836 g/mol. The van der Waals surface area contributed by atoms with Crippen molar-refractivity contribution in [3.05, 3.63) is 252 Å². The summed E-state index contributed by atoms with van der Waals surface area (Å²) < 4.78 is 4.74. The molecule has 4 heteroatoms. The topological polar surface area (TPSA) is 16.3 Å². The zero-order valence-corrected chi connectivity index (χ0v) is 36.8. The third-order valence-corrected chi connectivity index (χ3v) is 12.8. The molecule has 0 amide bonds. The highest BCUT2D eigenvalue weighted by molar-refractivity contribution is 6.09. The van der Waals surface area contributed by atoms with Crippen molar-refractivity contribution in [2.75, 3.05) is 9.80 Å². The summed E-state index contributed by atoms with van der Waals surface area (Å²) in [5, 5.41) is 3.85. The number of hydrogen-bond acceptors (Lipinski definition) is 2. The summed E-state index contributed by atoms with van der Waals surface area (Å²) in [6.45, 7) is 6.58. The number of fused-ring (bicyclic) bond motifs is 4. The van der Waals surface area contributed by atoms with Crippen LogP contribution in [0.1, 0.15) is 27.9 Å². The Morgan fingerprint density at radius 3 is 1.22 bits per heavy atom. The standard InChI is InChI=1S/C61H48N4/c1-43-22-41-61-58(42-43)57-19-11-13-21-60(57)65(61)55-39-37-54(38-40-55)64(49-16-8-5-9-17-49)52-31-27-47(28-32-52)24-23-46-25-29-51(30-26-46)63(48-14-6-4-7-15-48)53-35-33-50(34-36-53)62-45(3)44(2)56-18-10-12-20-59(56)62/h4-42H,1-3H3/b24-23+. The quantitative estimate of drug-likeness (QED) is 0.128. The van der Waals surface area contributed by atoms with Gasteiger partial charge in [-0.25, -0.2) is 0 Å². The molecule has 0 aliphatic carbocycles. The van der Waals surface area contributed by atoms with Crippen LogP contribution in [0.15, 0.2) is 224 Å². The summed E-state index contributed by atoms with van der Waals surface area (Å²) in [6, 6.07) is 80.8.